The number of hydrogen-bond donors (Lipinski definition) is 1. The highest BCUT2D eigenvalue weighted by molar-refractivity contribution is 5.74. The molecule has 0 bridgehead atoms. The van der Waals surface area contributed by atoms with Crippen molar-refractivity contribution in [1.82, 2.24) is 5.32 Å². The standard InChI is InChI=1S/C23H31NO2/c1-3-22(25-4-2)26-21-14-8-13-20(16-18-10-9-15-24-17-18)23(21)19-11-6-5-7-12-19/h5-8,11-14,18,22,24H,3-4,9-10,15-17H2,1-2H3. The number of rotatable bonds is 8. The van der Waals surface area contributed by atoms with E-state index in [1.807, 2.05) is 6.92 Å². The van der Waals surface area contributed by atoms with Crippen LogP contribution >= 0.6 is 0 Å². The molecule has 3 heteroatoms. The van der Waals surface area contributed by atoms with Gasteiger partial charge in [0.1, 0.15) is 5.75 Å². The van der Waals surface area contributed by atoms with Gasteiger partial charge in [-0.05, 0) is 62.4 Å². The molecule has 140 valence electrons. The molecule has 0 amide bonds. The normalized spacial score (nSPS) is 18.5. The molecule has 0 saturated carbocycles. The summed E-state index contributed by atoms with van der Waals surface area (Å²) in [6.07, 6.45) is 4.28. The van der Waals surface area contributed by atoms with Gasteiger partial charge in [-0.15, -0.1) is 0 Å². The second-order valence-corrected chi connectivity index (χ2v) is 6.98. The van der Waals surface area contributed by atoms with Crippen LogP contribution in [-0.4, -0.2) is 26.0 Å². The monoisotopic (exact) mass is 353 g/mol. The zero-order chi connectivity index (χ0) is 18.2. The average Bonchev–Trinajstić information content (AvgIpc) is 2.69. The van der Waals surface area contributed by atoms with E-state index in [9.17, 15) is 0 Å². The van der Waals surface area contributed by atoms with E-state index in [1.165, 1.54) is 29.5 Å². The predicted molar refractivity (Wildman–Crippen MR) is 108 cm³/mol. The van der Waals surface area contributed by atoms with Crippen molar-refractivity contribution in [3.05, 3.63) is 54.1 Å². The fourth-order valence-electron chi connectivity index (χ4n) is 3.75. The van der Waals surface area contributed by atoms with Crippen LogP contribution in [0, 0.1) is 5.92 Å². The number of nitrogens with one attached hydrogen (secondary N) is 1. The van der Waals surface area contributed by atoms with Gasteiger partial charge in [0.05, 0.1) is 0 Å². The van der Waals surface area contributed by atoms with Crippen molar-refractivity contribution in [2.75, 3.05) is 19.7 Å². The van der Waals surface area contributed by atoms with E-state index in [0.717, 1.165) is 31.7 Å². The number of hydrogen-bond acceptors (Lipinski definition) is 3. The Morgan fingerprint density at radius 1 is 1.08 bits per heavy atom. The van der Waals surface area contributed by atoms with Gasteiger partial charge in [-0.25, -0.2) is 0 Å². The maximum Gasteiger partial charge on any atom is 0.199 e. The van der Waals surface area contributed by atoms with Gasteiger partial charge in [0.25, 0.3) is 0 Å². The molecule has 0 aliphatic carbocycles. The predicted octanol–water partition coefficient (Wildman–Crippen LogP) is 5.05. The number of benzene rings is 2. The van der Waals surface area contributed by atoms with Crippen molar-refractivity contribution in [2.24, 2.45) is 5.92 Å². The van der Waals surface area contributed by atoms with Crippen LogP contribution in [0.3, 0.4) is 0 Å². The average molecular weight is 354 g/mol. The lowest BCUT2D eigenvalue weighted by molar-refractivity contribution is -0.0763. The highest BCUT2D eigenvalue weighted by Gasteiger charge is 2.19. The van der Waals surface area contributed by atoms with Gasteiger partial charge < -0.3 is 14.8 Å². The van der Waals surface area contributed by atoms with Crippen molar-refractivity contribution in [1.29, 1.82) is 0 Å². The van der Waals surface area contributed by atoms with Crippen LogP contribution in [0.25, 0.3) is 11.1 Å². The van der Waals surface area contributed by atoms with Crippen LogP contribution in [-0.2, 0) is 11.2 Å². The molecule has 2 unspecified atom stereocenters. The lowest BCUT2D eigenvalue weighted by Gasteiger charge is -2.25. The molecule has 1 aliphatic heterocycles. The minimum absolute atomic E-state index is 0.200. The van der Waals surface area contributed by atoms with E-state index in [0.29, 0.717) is 12.5 Å². The Bertz CT molecular complexity index is 640. The highest BCUT2D eigenvalue weighted by atomic mass is 16.7. The molecule has 3 rings (SSSR count). The molecule has 1 fully saturated rings. The topological polar surface area (TPSA) is 30.5 Å². The van der Waals surface area contributed by atoms with Crippen molar-refractivity contribution in [3.63, 3.8) is 0 Å². The highest BCUT2D eigenvalue weighted by Crippen LogP contribution is 2.36. The van der Waals surface area contributed by atoms with Gasteiger partial charge in [-0.2, -0.15) is 0 Å². The lowest BCUT2D eigenvalue weighted by Crippen LogP contribution is -2.31. The second kappa shape index (κ2) is 9.75. The van der Waals surface area contributed by atoms with Crippen LogP contribution in [0.1, 0.15) is 38.7 Å². The molecule has 2 aromatic rings. The Morgan fingerprint density at radius 3 is 2.62 bits per heavy atom. The first-order chi connectivity index (χ1) is 12.8. The maximum absolute atomic E-state index is 6.28. The van der Waals surface area contributed by atoms with E-state index in [2.05, 4.69) is 60.8 Å². The maximum atomic E-state index is 6.28. The molecule has 1 N–H and O–H groups in total. The SMILES string of the molecule is CCOC(CC)Oc1cccc(CC2CCCNC2)c1-c1ccccc1. The van der Waals surface area contributed by atoms with Crippen LogP contribution < -0.4 is 10.1 Å². The van der Waals surface area contributed by atoms with E-state index in [4.69, 9.17) is 9.47 Å². The van der Waals surface area contributed by atoms with E-state index in [1.54, 1.807) is 0 Å². The quantitative estimate of drug-likeness (QED) is 0.674. The summed E-state index contributed by atoms with van der Waals surface area (Å²) in [5.41, 5.74) is 3.80. The van der Waals surface area contributed by atoms with Crippen LogP contribution in [0.15, 0.2) is 48.5 Å². The summed E-state index contributed by atoms with van der Waals surface area (Å²) in [5, 5.41) is 3.54. The first-order valence-electron chi connectivity index (χ1n) is 9.98. The molecule has 3 nitrogen and oxygen atoms in total. The summed E-state index contributed by atoms with van der Waals surface area (Å²) in [7, 11) is 0. The van der Waals surface area contributed by atoms with Gasteiger partial charge in [0.15, 0.2) is 6.29 Å². The zero-order valence-electron chi connectivity index (χ0n) is 16.0. The third-order valence-electron chi connectivity index (χ3n) is 5.03. The molecule has 1 heterocycles. The number of piperidine rings is 1. The molecule has 1 aliphatic rings. The third kappa shape index (κ3) is 4.87. The zero-order valence-corrected chi connectivity index (χ0v) is 16.0. The molecule has 2 atom stereocenters. The second-order valence-electron chi connectivity index (χ2n) is 6.98. The molecule has 0 radical (unpaired) electrons. The first-order valence-corrected chi connectivity index (χ1v) is 9.98. The molecule has 0 spiro atoms. The number of ether oxygens (including phenoxy) is 2. The van der Waals surface area contributed by atoms with Crippen molar-refractivity contribution >= 4 is 0 Å². The Balaban J connectivity index is 1.93. The molecule has 2 aromatic carbocycles. The molecule has 1 saturated heterocycles. The Morgan fingerprint density at radius 2 is 1.92 bits per heavy atom. The fraction of sp³-hybridized carbons (Fsp3) is 0.478. The third-order valence-corrected chi connectivity index (χ3v) is 5.03. The van der Waals surface area contributed by atoms with Gasteiger partial charge >= 0.3 is 0 Å². The van der Waals surface area contributed by atoms with E-state index >= 15 is 0 Å². The summed E-state index contributed by atoms with van der Waals surface area (Å²) in [4.78, 5) is 0. The summed E-state index contributed by atoms with van der Waals surface area (Å²) in [6, 6.07) is 17.0. The van der Waals surface area contributed by atoms with Crippen molar-refractivity contribution in [3.8, 4) is 16.9 Å². The fourth-order valence-corrected chi connectivity index (χ4v) is 3.75. The van der Waals surface area contributed by atoms with E-state index in [-0.39, 0.29) is 6.29 Å². The van der Waals surface area contributed by atoms with Crippen molar-refractivity contribution in [2.45, 2.75) is 45.8 Å². The summed E-state index contributed by atoms with van der Waals surface area (Å²) in [6.45, 7) is 7.02. The Labute approximate surface area is 157 Å². The molecule has 0 aromatic heterocycles. The minimum Gasteiger partial charge on any atom is -0.464 e. The van der Waals surface area contributed by atoms with Crippen molar-refractivity contribution < 1.29 is 9.47 Å². The molecule has 26 heavy (non-hydrogen) atoms. The van der Waals surface area contributed by atoms with Gasteiger partial charge in [-0.1, -0.05) is 49.4 Å². The summed E-state index contributed by atoms with van der Waals surface area (Å²) in [5.74, 6) is 1.62. The smallest absolute Gasteiger partial charge is 0.199 e. The summed E-state index contributed by atoms with van der Waals surface area (Å²) >= 11 is 0. The van der Waals surface area contributed by atoms with Crippen LogP contribution in [0.2, 0.25) is 0 Å². The molecular formula is C23H31NO2. The van der Waals surface area contributed by atoms with Gasteiger partial charge in [0.2, 0.25) is 0 Å². The minimum atomic E-state index is -0.200. The van der Waals surface area contributed by atoms with Crippen LogP contribution in [0.5, 0.6) is 5.75 Å². The Hall–Kier alpha value is -1.84. The largest absolute Gasteiger partial charge is 0.464 e. The lowest BCUT2D eigenvalue weighted by atomic mass is 9.88. The Kier molecular flexibility index (Phi) is 7.10. The van der Waals surface area contributed by atoms with E-state index < -0.39 is 0 Å². The van der Waals surface area contributed by atoms with Gasteiger partial charge in [0, 0.05) is 18.6 Å². The first kappa shape index (κ1) is 18.9. The van der Waals surface area contributed by atoms with Crippen LogP contribution in [0.4, 0.5) is 0 Å². The molecular weight excluding hydrogens is 322 g/mol. The van der Waals surface area contributed by atoms with Gasteiger partial charge in [-0.3, -0.25) is 0 Å². The summed E-state index contributed by atoms with van der Waals surface area (Å²) < 4.78 is 12.0.